The summed E-state index contributed by atoms with van der Waals surface area (Å²) in [4.78, 5) is 12.2. The molecule has 2 rings (SSSR count). The lowest BCUT2D eigenvalue weighted by Gasteiger charge is -2.09. The molecule has 94 valence electrons. The average molecular weight is 242 g/mol. The molecule has 0 aromatic heterocycles. The van der Waals surface area contributed by atoms with Crippen LogP contribution in [0.2, 0.25) is 0 Å². The van der Waals surface area contributed by atoms with E-state index in [2.05, 4.69) is 12.2 Å². The fourth-order valence-corrected chi connectivity index (χ4v) is 2.08. The molecule has 1 aromatic rings. The van der Waals surface area contributed by atoms with Crippen LogP contribution in [-0.2, 0) is 0 Å². The van der Waals surface area contributed by atoms with E-state index in [1.165, 1.54) is 0 Å². The molecule has 0 saturated carbocycles. The predicted molar refractivity (Wildman–Crippen MR) is 73.1 cm³/mol. The summed E-state index contributed by atoms with van der Waals surface area (Å²) in [5, 5.41) is 0. The van der Waals surface area contributed by atoms with Crippen molar-refractivity contribution >= 4 is 5.78 Å². The number of Topliss-reactive ketones (excluding diaryl/α,β-unsaturated/α-hetero) is 1. The van der Waals surface area contributed by atoms with Crippen molar-refractivity contribution in [2.45, 2.75) is 26.2 Å². The van der Waals surface area contributed by atoms with Gasteiger partial charge >= 0.3 is 0 Å². The lowest BCUT2D eigenvalue weighted by Crippen LogP contribution is -2.02. The number of hydrogen-bond acceptors (Lipinski definition) is 2. The van der Waals surface area contributed by atoms with E-state index in [9.17, 15) is 4.79 Å². The highest BCUT2D eigenvalue weighted by Crippen LogP contribution is 2.22. The van der Waals surface area contributed by atoms with Crippen LogP contribution in [0.4, 0.5) is 0 Å². The van der Waals surface area contributed by atoms with E-state index >= 15 is 0 Å². The number of ketones is 1. The van der Waals surface area contributed by atoms with E-state index < -0.39 is 0 Å². The number of hydrogen-bond donors (Lipinski definition) is 0. The first-order valence-electron chi connectivity index (χ1n) is 6.24. The summed E-state index contributed by atoms with van der Waals surface area (Å²) in [7, 11) is 1.63. The van der Waals surface area contributed by atoms with E-state index in [0.717, 1.165) is 35.3 Å². The zero-order valence-electron chi connectivity index (χ0n) is 10.9. The van der Waals surface area contributed by atoms with Crippen LogP contribution < -0.4 is 4.74 Å². The molecular formula is C16H18O2. The van der Waals surface area contributed by atoms with Gasteiger partial charge in [-0.15, -0.1) is 0 Å². The van der Waals surface area contributed by atoms with E-state index in [4.69, 9.17) is 4.74 Å². The smallest absolute Gasteiger partial charge is 0.167 e. The molecule has 0 saturated heterocycles. The van der Waals surface area contributed by atoms with E-state index in [-0.39, 0.29) is 5.78 Å². The van der Waals surface area contributed by atoms with Gasteiger partial charge in [-0.3, -0.25) is 4.79 Å². The summed E-state index contributed by atoms with van der Waals surface area (Å²) in [6.45, 7) is 1.97. The molecule has 0 heterocycles. The van der Waals surface area contributed by atoms with Crippen LogP contribution in [0, 0.1) is 6.92 Å². The van der Waals surface area contributed by atoms with Crippen LogP contribution in [0.5, 0.6) is 5.75 Å². The lowest BCUT2D eigenvalue weighted by molar-refractivity contribution is 0.0993. The number of methoxy groups -OCH3 is 1. The van der Waals surface area contributed by atoms with Crippen LogP contribution in [-0.4, -0.2) is 12.9 Å². The van der Waals surface area contributed by atoms with Gasteiger partial charge in [-0.25, -0.2) is 0 Å². The highest BCUT2D eigenvalue weighted by molar-refractivity contribution is 5.98. The molecule has 0 aliphatic heterocycles. The molecule has 0 unspecified atom stereocenters. The maximum absolute atomic E-state index is 12.2. The van der Waals surface area contributed by atoms with Crippen molar-refractivity contribution < 1.29 is 9.53 Å². The second kappa shape index (κ2) is 5.67. The molecule has 18 heavy (non-hydrogen) atoms. The molecule has 2 nitrogen and oxygen atoms in total. The van der Waals surface area contributed by atoms with Crippen molar-refractivity contribution in [2.75, 3.05) is 7.11 Å². The van der Waals surface area contributed by atoms with Crippen molar-refractivity contribution in [3.63, 3.8) is 0 Å². The molecule has 0 spiro atoms. The Morgan fingerprint density at radius 2 is 2.17 bits per heavy atom. The highest BCUT2D eigenvalue weighted by Gasteiger charge is 2.10. The average Bonchev–Trinajstić information content (AvgIpc) is 2.40. The number of allylic oxidation sites excluding steroid dienone is 4. The standard InChI is InChI=1S/C16H18O2/c1-12-8-9-14(11-16(12)18-2)15(17)10-13-6-4-3-5-7-13/h4,6-9,11H,3,5,10H2,1-2H3. The van der Waals surface area contributed by atoms with E-state index in [0.29, 0.717) is 6.42 Å². The van der Waals surface area contributed by atoms with Gasteiger partial charge in [-0.1, -0.05) is 30.4 Å². The van der Waals surface area contributed by atoms with Gasteiger partial charge in [-0.2, -0.15) is 0 Å². The van der Waals surface area contributed by atoms with Gasteiger partial charge in [0.1, 0.15) is 5.75 Å². The Labute approximate surface area is 108 Å². The number of aryl methyl sites for hydroxylation is 1. The Kier molecular flexibility index (Phi) is 3.98. The fraction of sp³-hybridized carbons (Fsp3) is 0.312. The van der Waals surface area contributed by atoms with Crippen LogP contribution in [0.15, 0.2) is 42.0 Å². The Morgan fingerprint density at radius 3 is 2.83 bits per heavy atom. The van der Waals surface area contributed by atoms with Crippen molar-refractivity contribution in [1.82, 2.24) is 0 Å². The third-order valence-electron chi connectivity index (χ3n) is 3.17. The number of rotatable bonds is 4. The maximum Gasteiger partial charge on any atom is 0.167 e. The van der Waals surface area contributed by atoms with Gasteiger partial charge in [0.15, 0.2) is 5.78 Å². The molecule has 1 aromatic carbocycles. The quantitative estimate of drug-likeness (QED) is 0.749. The van der Waals surface area contributed by atoms with Gasteiger partial charge < -0.3 is 4.74 Å². The molecule has 1 aliphatic carbocycles. The molecule has 0 amide bonds. The monoisotopic (exact) mass is 242 g/mol. The van der Waals surface area contributed by atoms with Crippen LogP contribution in [0.3, 0.4) is 0 Å². The summed E-state index contributed by atoms with van der Waals surface area (Å²) < 4.78 is 5.24. The molecule has 0 N–H and O–H groups in total. The van der Waals surface area contributed by atoms with Gasteiger partial charge in [0.2, 0.25) is 0 Å². The van der Waals surface area contributed by atoms with Crippen LogP contribution in [0.25, 0.3) is 0 Å². The Hall–Kier alpha value is -1.83. The zero-order valence-corrected chi connectivity index (χ0v) is 10.9. The summed E-state index contributed by atoms with van der Waals surface area (Å²) in [6, 6.07) is 5.62. The minimum Gasteiger partial charge on any atom is -0.496 e. The number of benzene rings is 1. The fourth-order valence-electron chi connectivity index (χ4n) is 2.08. The van der Waals surface area contributed by atoms with Gasteiger partial charge in [0.05, 0.1) is 7.11 Å². The third kappa shape index (κ3) is 2.89. The van der Waals surface area contributed by atoms with Gasteiger partial charge in [0, 0.05) is 12.0 Å². The summed E-state index contributed by atoms with van der Waals surface area (Å²) in [5.41, 5.74) is 2.88. The van der Waals surface area contributed by atoms with E-state index in [1.807, 2.05) is 31.2 Å². The molecule has 0 atom stereocenters. The normalized spacial score (nSPS) is 14.2. The summed E-state index contributed by atoms with van der Waals surface area (Å²) >= 11 is 0. The zero-order chi connectivity index (χ0) is 13.0. The van der Waals surface area contributed by atoms with Gasteiger partial charge in [0.25, 0.3) is 0 Å². The summed E-state index contributed by atoms with van der Waals surface area (Å²) in [5.74, 6) is 0.917. The number of carbonyl (C=O) groups excluding carboxylic acids is 1. The topological polar surface area (TPSA) is 26.3 Å². The van der Waals surface area contributed by atoms with Gasteiger partial charge in [-0.05, 0) is 37.0 Å². The SMILES string of the molecule is COc1cc(C(=O)CC2=CCCC=C2)ccc1C. The maximum atomic E-state index is 12.2. The van der Waals surface area contributed by atoms with Crippen molar-refractivity contribution in [3.05, 3.63) is 53.1 Å². The molecule has 0 radical (unpaired) electrons. The molecular weight excluding hydrogens is 224 g/mol. The minimum atomic E-state index is 0.145. The molecule has 0 bridgehead atoms. The first kappa shape index (κ1) is 12.6. The van der Waals surface area contributed by atoms with E-state index in [1.54, 1.807) is 7.11 Å². The molecule has 2 heteroatoms. The first-order chi connectivity index (χ1) is 8.70. The minimum absolute atomic E-state index is 0.145. The molecule has 1 aliphatic rings. The van der Waals surface area contributed by atoms with Crippen molar-refractivity contribution in [2.24, 2.45) is 0 Å². The first-order valence-corrected chi connectivity index (χ1v) is 6.24. The summed E-state index contributed by atoms with van der Waals surface area (Å²) in [6.07, 6.45) is 8.91. The highest BCUT2D eigenvalue weighted by atomic mass is 16.5. The lowest BCUT2D eigenvalue weighted by atomic mass is 9.98. The van der Waals surface area contributed by atoms with Crippen molar-refractivity contribution in [3.8, 4) is 5.75 Å². The second-order valence-corrected chi connectivity index (χ2v) is 4.54. The molecule has 0 fully saturated rings. The second-order valence-electron chi connectivity index (χ2n) is 4.54. The van der Waals surface area contributed by atoms with Crippen LogP contribution in [0.1, 0.15) is 35.2 Å². The third-order valence-corrected chi connectivity index (χ3v) is 3.17. The Bertz CT molecular complexity index is 510. The van der Waals surface area contributed by atoms with Crippen LogP contribution >= 0.6 is 0 Å². The Morgan fingerprint density at radius 1 is 1.33 bits per heavy atom. The number of ether oxygens (including phenoxy) is 1. The van der Waals surface area contributed by atoms with Crippen molar-refractivity contribution in [1.29, 1.82) is 0 Å². The predicted octanol–water partition coefficient (Wildman–Crippen LogP) is 3.85. The Balaban J connectivity index is 2.13. The largest absolute Gasteiger partial charge is 0.496 e. The number of carbonyl (C=O) groups is 1.